The average molecular weight is 1850 g/mol. The number of halogens is 3. The standard InChI is InChI=1S/C43H62IN5O10.C43H63N5O11.CH2Cl2/c1-26(2)38-41(55)45-34(25-30-15-12-16-31(50)24-30)42(56)49-23-13-17-33(47-49)43(57)59-36(27(3)14-11-20-37(52)48(6)58-7)19-10-8-9-18-35(51)29(5)39(53)32(40(54)46-38)22-21-28(4)44;1-26(2)38-41(55)44-34(25-30-15-12-16-31(50)24-30)42(56)48-23-13-17-33(46-48)43(57)59-36(27(3)14-11-20-37(52)47(6)58-7)19-10-8-9-18-35(51)29(5)39(53)32(40(54)45-38)22-21-28(4)49;2-1-3/h8-12,14-16,18,20,24,26,28-29,32-36,38-39,47,50-51,53H,13,17,19,21-23,25H2,1-7H3,(H,45,55)(H,46,54);8-12,14-16,18,20,24,26,28-29,32-36,38-39,46,49-51,53H,13,17,19,21-23,25H2,1-7H3,(H,44,55)(H,45,54);1H2/b2*10-8+,18-9+,20-11+,27-14+;/t2*28?,29-,32+,33?,34-,35-,36-,38-,39+;/m00./s1. The number of allylic oxidation sites excluding steroid dienone is 8. The summed E-state index contributed by atoms with van der Waals surface area (Å²) in [7, 11) is 5.66. The molecule has 0 radical (unpaired) electrons. The second-order valence-corrected chi connectivity index (χ2v) is 34.2. The fourth-order valence-electron chi connectivity index (χ4n) is 13.4. The van der Waals surface area contributed by atoms with Crippen LogP contribution in [-0.4, -0.2) is 245 Å². The van der Waals surface area contributed by atoms with Crippen LogP contribution in [0.4, 0.5) is 0 Å². The predicted molar refractivity (Wildman–Crippen MR) is 467 cm³/mol. The zero-order valence-electron chi connectivity index (χ0n) is 71.6. The van der Waals surface area contributed by atoms with E-state index in [1.165, 1.54) is 99.1 Å². The molecule has 13 N–H and O–H groups in total. The molecule has 4 heterocycles. The van der Waals surface area contributed by atoms with Gasteiger partial charge in [-0.3, -0.25) is 67.6 Å². The Morgan fingerprint density at radius 1 is 0.587 bits per heavy atom. The maximum atomic E-state index is 14.3. The lowest BCUT2D eigenvalue weighted by atomic mass is 9.84. The topological polar surface area (TPSA) is 434 Å². The minimum absolute atomic E-state index is 0.0164. The van der Waals surface area contributed by atoms with Gasteiger partial charge >= 0.3 is 11.9 Å². The van der Waals surface area contributed by atoms with E-state index in [1.54, 1.807) is 135 Å². The third-order valence-corrected chi connectivity index (χ3v) is 21.7. The molecular weight excluding hydrogens is 1720 g/mol. The highest BCUT2D eigenvalue weighted by molar-refractivity contribution is 14.1. The van der Waals surface area contributed by atoms with Crippen LogP contribution in [0.1, 0.15) is 145 Å². The number of carbonyl (C=O) groups is 10. The van der Waals surface area contributed by atoms with Gasteiger partial charge in [-0.1, -0.05) is 168 Å². The van der Waals surface area contributed by atoms with Crippen LogP contribution in [0.25, 0.3) is 0 Å². The summed E-state index contributed by atoms with van der Waals surface area (Å²) < 4.78 is 12.2. The largest absolute Gasteiger partial charge is 0.508 e. The number of benzene rings is 2. The van der Waals surface area contributed by atoms with Crippen molar-refractivity contribution in [2.45, 2.75) is 229 Å². The van der Waals surface area contributed by atoms with Crippen molar-refractivity contribution in [1.29, 1.82) is 0 Å². The monoisotopic (exact) mass is 1840 g/mol. The number of hydrogen-bond donors (Lipinski definition) is 13. The fraction of sp³-hybridized carbons (Fsp3) is 0.563. The summed E-state index contributed by atoms with van der Waals surface area (Å²) in [6, 6.07) is 6.06. The van der Waals surface area contributed by atoms with Crippen molar-refractivity contribution >= 4 is 105 Å². The highest BCUT2D eigenvalue weighted by Crippen LogP contribution is 2.29. The normalized spacial score (nSPS) is 28.2. The molecule has 18 atom stereocenters. The van der Waals surface area contributed by atoms with Crippen LogP contribution in [0.2, 0.25) is 0 Å². The number of hydrogen-bond acceptors (Lipinski definition) is 23. The summed E-state index contributed by atoms with van der Waals surface area (Å²) in [5.41, 5.74) is 8.31. The molecule has 8 amide bonds. The Hall–Kier alpha value is -8.39. The molecule has 2 saturated heterocycles. The Morgan fingerprint density at radius 3 is 1.30 bits per heavy atom. The Kier molecular flexibility index (Phi) is 47.1. The summed E-state index contributed by atoms with van der Waals surface area (Å²) in [4.78, 5) is 147. The summed E-state index contributed by atoms with van der Waals surface area (Å²) in [6.45, 7) is 17.6. The van der Waals surface area contributed by atoms with Gasteiger partial charge in [0.15, 0.2) is 0 Å². The van der Waals surface area contributed by atoms with E-state index in [0.29, 0.717) is 60.8 Å². The van der Waals surface area contributed by atoms with Gasteiger partial charge in [-0.05, 0) is 131 Å². The highest BCUT2D eigenvalue weighted by Gasteiger charge is 2.42. The van der Waals surface area contributed by atoms with E-state index in [1.807, 2.05) is 6.92 Å². The lowest BCUT2D eigenvalue weighted by Gasteiger charge is -2.36. The molecule has 31 nitrogen and oxygen atoms in total. The summed E-state index contributed by atoms with van der Waals surface area (Å²) in [5.74, 6) is -10.4. The van der Waals surface area contributed by atoms with Crippen LogP contribution in [0.5, 0.6) is 11.5 Å². The van der Waals surface area contributed by atoms with E-state index in [4.69, 9.17) is 42.4 Å². The van der Waals surface area contributed by atoms with Gasteiger partial charge in [0, 0.05) is 80.8 Å². The Bertz CT molecular complexity index is 3700. The average Bonchev–Trinajstić information content (AvgIpc) is 0.824. The number of carbonyl (C=O) groups excluding carboxylic acids is 10. The lowest BCUT2D eigenvalue weighted by Crippen LogP contribution is -2.62. The number of amides is 8. The van der Waals surface area contributed by atoms with E-state index < -0.39 is 174 Å². The number of nitrogens with zero attached hydrogens (tertiary/aromatic N) is 4. The molecule has 2 aromatic carbocycles. The number of likely N-dealkylation sites (N-methyl/N-ethyl adjacent to an activating group) is 2. The first-order valence-electron chi connectivity index (χ1n) is 40.8. The molecular formula is C87H127Cl2IN10O21. The summed E-state index contributed by atoms with van der Waals surface area (Å²) >= 11 is 11.8. The number of cyclic esters (lactones) is 2. The first-order chi connectivity index (χ1) is 57.3. The maximum absolute atomic E-state index is 14.3. The Morgan fingerprint density at radius 2 is 0.959 bits per heavy atom. The minimum atomic E-state index is -1.38. The van der Waals surface area contributed by atoms with Gasteiger partial charge in [0.1, 0.15) is 60.0 Å². The Labute approximate surface area is 734 Å². The number of esters is 2. The van der Waals surface area contributed by atoms with Gasteiger partial charge in [-0.25, -0.2) is 21.0 Å². The number of ether oxygens (including phenoxy) is 2. The third-order valence-electron chi connectivity index (χ3n) is 21.0. The van der Waals surface area contributed by atoms with Crippen molar-refractivity contribution in [2.75, 3.05) is 46.7 Å². The number of aliphatic hydroxyl groups excluding tert-OH is 5. The molecule has 4 aliphatic rings. The SMILES string of the molecule is CON(C)C(=O)/C=C/C=C(\C)[C@@H]1C/C=C/C=C/[C@H](O)[C@H](C)[C@@H](O)[C@@H](CCC(C)I)C(=O)N[C@@H](C(C)C)C(=O)N[C@@H](Cc2cccc(O)c2)C(=O)N2CCCC(N2)C(=O)O1.CON(C)C(=O)/C=C/C=C(\C)[C@@H]1C/C=C/C=C/[C@H](O)[C@H](C)[C@@H](O)[C@@H](CCC(C)O)C(=O)N[C@@H](C(C)C)C(=O)N[C@@H](Cc2cccc(O)c2)C(=O)N2CCCC(N2)C(=O)O1.ClCCl. The van der Waals surface area contributed by atoms with Gasteiger partial charge < -0.3 is 66.5 Å². The molecule has 2 fully saturated rings. The third kappa shape index (κ3) is 35.8. The van der Waals surface area contributed by atoms with E-state index in [2.05, 4.69) is 54.7 Å². The molecule has 672 valence electrons. The van der Waals surface area contributed by atoms with Gasteiger partial charge in [-0.2, -0.15) is 0 Å². The van der Waals surface area contributed by atoms with E-state index in [-0.39, 0.29) is 72.4 Å². The molecule has 0 spiro atoms. The molecule has 6 rings (SSSR count). The number of phenols is 2. The molecule has 4 aliphatic heterocycles. The van der Waals surface area contributed by atoms with E-state index in [0.717, 1.165) is 10.1 Å². The number of fused-ring (bicyclic) bond motifs is 4. The second kappa shape index (κ2) is 54.3. The van der Waals surface area contributed by atoms with Crippen LogP contribution >= 0.6 is 45.8 Å². The minimum Gasteiger partial charge on any atom is -0.508 e. The number of rotatable bonds is 20. The van der Waals surface area contributed by atoms with Crippen molar-refractivity contribution in [3.63, 3.8) is 0 Å². The number of hydrazine groups is 2. The number of nitrogens with one attached hydrogen (secondary N) is 6. The zero-order chi connectivity index (χ0) is 90.3. The van der Waals surface area contributed by atoms with Gasteiger partial charge in [-0.15, -0.1) is 23.2 Å². The first-order valence-corrected chi connectivity index (χ1v) is 43.1. The molecule has 0 aromatic heterocycles. The first kappa shape index (κ1) is 105. The molecule has 2 aromatic rings. The van der Waals surface area contributed by atoms with Gasteiger partial charge in [0.2, 0.25) is 23.6 Å². The fourth-order valence-corrected chi connectivity index (χ4v) is 13.7. The number of alkyl halides is 3. The smallest absolute Gasteiger partial charge is 0.325 e. The molecule has 4 bridgehead atoms. The number of hydroxylamine groups is 4. The molecule has 121 heavy (non-hydrogen) atoms. The summed E-state index contributed by atoms with van der Waals surface area (Å²) in [5, 5.41) is 91.8. The summed E-state index contributed by atoms with van der Waals surface area (Å²) in [6.07, 6.45) is 17.5. The van der Waals surface area contributed by atoms with Crippen molar-refractivity contribution < 1.29 is 103 Å². The quantitative estimate of drug-likeness (QED) is 0.0156. The van der Waals surface area contributed by atoms with Crippen LogP contribution in [0, 0.1) is 35.5 Å². The van der Waals surface area contributed by atoms with Gasteiger partial charge in [0.25, 0.3) is 23.6 Å². The van der Waals surface area contributed by atoms with Crippen molar-refractivity contribution in [1.82, 2.24) is 52.3 Å². The number of phenolic OH excluding ortho intramolecular Hbond substituents is 2. The van der Waals surface area contributed by atoms with Gasteiger partial charge in [0.05, 0.1) is 61.9 Å². The number of aromatic hydroxyl groups is 2. The molecule has 34 heteroatoms. The van der Waals surface area contributed by atoms with Crippen molar-refractivity contribution in [3.8, 4) is 11.5 Å². The van der Waals surface area contributed by atoms with Crippen LogP contribution in [-0.2, 0) is 79.9 Å². The highest BCUT2D eigenvalue weighted by atomic mass is 127. The van der Waals surface area contributed by atoms with E-state index >= 15 is 0 Å². The number of aliphatic hydroxyl groups is 5. The van der Waals surface area contributed by atoms with E-state index in [9.17, 15) is 83.7 Å². The van der Waals surface area contributed by atoms with Crippen LogP contribution in [0.3, 0.4) is 0 Å². The van der Waals surface area contributed by atoms with Crippen LogP contribution in [0.15, 0.2) is 145 Å². The van der Waals surface area contributed by atoms with Crippen molar-refractivity contribution in [3.05, 3.63) is 156 Å². The van der Waals surface area contributed by atoms with Crippen molar-refractivity contribution in [2.24, 2.45) is 35.5 Å². The zero-order valence-corrected chi connectivity index (χ0v) is 75.3. The maximum Gasteiger partial charge on any atom is 0.325 e. The molecule has 4 unspecified atom stereocenters. The molecule has 0 aliphatic carbocycles. The second-order valence-electron chi connectivity index (χ2n) is 31.3. The predicted octanol–water partition coefficient (Wildman–Crippen LogP) is 7.15. The Balaban J connectivity index is 0.000000492. The van der Waals surface area contributed by atoms with Crippen LogP contribution < -0.4 is 32.1 Å². The molecule has 0 saturated carbocycles. The lowest BCUT2D eigenvalue weighted by molar-refractivity contribution is -0.163.